The SMILES string of the molecule is C1CCC(c2n[nH]c(C3CC3)n2)CC1. The predicted octanol–water partition coefficient (Wildman–Crippen LogP) is 2.73. The summed E-state index contributed by atoms with van der Waals surface area (Å²) in [5.41, 5.74) is 0. The smallest absolute Gasteiger partial charge is 0.153 e. The number of nitrogens with one attached hydrogen (secondary N) is 1. The van der Waals surface area contributed by atoms with Crippen molar-refractivity contribution in [3.63, 3.8) is 0 Å². The van der Waals surface area contributed by atoms with Crippen LogP contribution in [0.1, 0.15) is 68.4 Å². The van der Waals surface area contributed by atoms with Crippen LogP contribution < -0.4 is 0 Å². The number of aromatic nitrogens is 3. The average Bonchev–Trinajstić information content (AvgIpc) is 2.98. The van der Waals surface area contributed by atoms with Crippen molar-refractivity contribution < 1.29 is 0 Å². The quantitative estimate of drug-likeness (QED) is 0.781. The lowest BCUT2D eigenvalue weighted by atomic mass is 9.89. The third-order valence-corrected chi connectivity index (χ3v) is 3.45. The Kier molecular flexibility index (Phi) is 2.03. The zero-order valence-corrected chi connectivity index (χ0v) is 8.50. The van der Waals surface area contributed by atoms with E-state index in [0.717, 1.165) is 11.6 Å². The summed E-state index contributed by atoms with van der Waals surface area (Å²) in [6.07, 6.45) is 9.31. The minimum absolute atomic E-state index is 0.646. The molecule has 0 aliphatic heterocycles. The molecule has 1 heterocycles. The summed E-state index contributed by atoms with van der Waals surface area (Å²) in [5, 5.41) is 7.47. The second-order valence-corrected chi connectivity index (χ2v) is 4.69. The van der Waals surface area contributed by atoms with Crippen molar-refractivity contribution in [2.75, 3.05) is 0 Å². The highest BCUT2D eigenvalue weighted by molar-refractivity contribution is 5.07. The molecule has 2 aliphatic rings. The van der Waals surface area contributed by atoms with E-state index in [2.05, 4.69) is 15.2 Å². The van der Waals surface area contributed by atoms with Crippen LogP contribution in [-0.2, 0) is 0 Å². The molecule has 1 aromatic rings. The maximum Gasteiger partial charge on any atom is 0.153 e. The van der Waals surface area contributed by atoms with Gasteiger partial charge in [0.25, 0.3) is 0 Å². The van der Waals surface area contributed by atoms with Gasteiger partial charge in [-0.2, -0.15) is 5.10 Å². The van der Waals surface area contributed by atoms with Crippen LogP contribution in [0.2, 0.25) is 0 Å². The second kappa shape index (κ2) is 3.37. The molecule has 1 aromatic heterocycles. The third kappa shape index (κ3) is 1.56. The Balaban J connectivity index is 1.74. The maximum absolute atomic E-state index is 4.63. The number of hydrogen-bond acceptors (Lipinski definition) is 2. The summed E-state index contributed by atoms with van der Waals surface area (Å²) < 4.78 is 0. The van der Waals surface area contributed by atoms with Crippen molar-refractivity contribution in [3.8, 4) is 0 Å². The van der Waals surface area contributed by atoms with Gasteiger partial charge in [-0.15, -0.1) is 0 Å². The van der Waals surface area contributed by atoms with Gasteiger partial charge in [-0.25, -0.2) is 4.98 Å². The van der Waals surface area contributed by atoms with Crippen LogP contribution in [-0.4, -0.2) is 15.2 Å². The molecule has 0 amide bonds. The van der Waals surface area contributed by atoms with Crippen molar-refractivity contribution in [1.82, 2.24) is 15.2 Å². The van der Waals surface area contributed by atoms with E-state index in [9.17, 15) is 0 Å². The van der Waals surface area contributed by atoms with Crippen molar-refractivity contribution >= 4 is 0 Å². The van der Waals surface area contributed by atoms with Gasteiger partial charge >= 0.3 is 0 Å². The average molecular weight is 191 g/mol. The lowest BCUT2D eigenvalue weighted by Crippen LogP contribution is -2.06. The fourth-order valence-corrected chi connectivity index (χ4v) is 2.37. The van der Waals surface area contributed by atoms with Crippen molar-refractivity contribution in [1.29, 1.82) is 0 Å². The first-order valence-electron chi connectivity index (χ1n) is 5.85. The molecule has 0 spiro atoms. The van der Waals surface area contributed by atoms with Crippen LogP contribution in [0, 0.1) is 0 Å². The Morgan fingerprint density at radius 1 is 0.929 bits per heavy atom. The molecule has 0 unspecified atom stereocenters. The van der Waals surface area contributed by atoms with Crippen molar-refractivity contribution in [2.45, 2.75) is 56.8 Å². The van der Waals surface area contributed by atoms with Crippen LogP contribution >= 0.6 is 0 Å². The molecule has 3 nitrogen and oxygen atoms in total. The van der Waals surface area contributed by atoms with Gasteiger partial charge < -0.3 is 0 Å². The number of aromatic amines is 1. The molecule has 3 heteroatoms. The van der Waals surface area contributed by atoms with Crippen molar-refractivity contribution in [2.24, 2.45) is 0 Å². The largest absolute Gasteiger partial charge is 0.263 e. The number of H-pyrrole nitrogens is 1. The summed E-state index contributed by atoms with van der Waals surface area (Å²) in [4.78, 5) is 4.63. The van der Waals surface area contributed by atoms with Crippen molar-refractivity contribution in [3.05, 3.63) is 11.6 Å². The van der Waals surface area contributed by atoms with Crippen LogP contribution in [0.5, 0.6) is 0 Å². The van der Waals surface area contributed by atoms with Gasteiger partial charge in [0.2, 0.25) is 0 Å². The Hall–Kier alpha value is -0.860. The van der Waals surface area contributed by atoms with Gasteiger partial charge in [0.1, 0.15) is 5.82 Å². The molecule has 3 rings (SSSR count). The molecule has 14 heavy (non-hydrogen) atoms. The standard InChI is InChI=1S/C11H17N3/c1-2-4-8(5-3-1)10-12-11(14-13-10)9-6-7-9/h8-9H,1-7H2,(H,12,13,14). The van der Waals surface area contributed by atoms with E-state index in [0.29, 0.717) is 11.8 Å². The molecule has 2 aliphatic carbocycles. The summed E-state index contributed by atoms with van der Waals surface area (Å²) >= 11 is 0. The van der Waals surface area contributed by atoms with Gasteiger partial charge in [0.15, 0.2) is 5.82 Å². The number of hydrogen-bond donors (Lipinski definition) is 1. The van der Waals surface area contributed by atoms with Gasteiger partial charge in [-0.05, 0) is 25.7 Å². The van der Waals surface area contributed by atoms with E-state index in [4.69, 9.17) is 0 Å². The zero-order valence-electron chi connectivity index (χ0n) is 8.50. The van der Waals surface area contributed by atoms with E-state index >= 15 is 0 Å². The number of nitrogens with zero attached hydrogens (tertiary/aromatic N) is 2. The van der Waals surface area contributed by atoms with E-state index in [1.54, 1.807) is 0 Å². The van der Waals surface area contributed by atoms with Gasteiger partial charge in [-0.3, -0.25) is 5.10 Å². The Morgan fingerprint density at radius 3 is 2.43 bits per heavy atom. The summed E-state index contributed by atoms with van der Waals surface area (Å²) in [6, 6.07) is 0. The first kappa shape index (κ1) is 8.45. The minimum atomic E-state index is 0.646. The molecule has 0 atom stereocenters. The summed E-state index contributed by atoms with van der Waals surface area (Å²) in [6.45, 7) is 0. The summed E-state index contributed by atoms with van der Waals surface area (Å²) in [7, 11) is 0. The molecule has 2 saturated carbocycles. The predicted molar refractivity (Wildman–Crippen MR) is 54.2 cm³/mol. The fourth-order valence-electron chi connectivity index (χ4n) is 2.37. The summed E-state index contributed by atoms with van der Waals surface area (Å²) in [5.74, 6) is 3.59. The molecular formula is C11H17N3. The normalized spacial score (nSPS) is 24.0. The lowest BCUT2D eigenvalue weighted by Gasteiger charge is -2.17. The molecule has 0 bridgehead atoms. The topological polar surface area (TPSA) is 41.6 Å². The van der Waals surface area contributed by atoms with E-state index < -0.39 is 0 Å². The highest BCUT2D eigenvalue weighted by Gasteiger charge is 2.28. The zero-order chi connectivity index (χ0) is 9.38. The van der Waals surface area contributed by atoms with Crippen LogP contribution in [0.4, 0.5) is 0 Å². The van der Waals surface area contributed by atoms with Crippen LogP contribution in [0.25, 0.3) is 0 Å². The highest BCUT2D eigenvalue weighted by Crippen LogP contribution is 2.39. The monoisotopic (exact) mass is 191 g/mol. The fraction of sp³-hybridized carbons (Fsp3) is 0.818. The maximum atomic E-state index is 4.63. The first-order chi connectivity index (χ1) is 6.93. The Bertz CT molecular complexity index is 308. The van der Waals surface area contributed by atoms with Gasteiger partial charge in [-0.1, -0.05) is 19.3 Å². The number of rotatable bonds is 2. The van der Waals surface area contributed by atoms with Gasteiger partial charge in [0.05, 0.1) is 0 Å². The first-order valence-corrected chi connectivity index (χ1v) is 5.85. The molecule has 0 aromatic carbocycles. The molecule has 0 radical (unpaired) electrons. The van der Waals surface area contributed by atoms with E-state index in [1.165, 1.54) is 44.9 Å². The highest BCUT2D eigenvalue weighted by atomic mass is 15.2. The molecular weight excluding hydrogens is 174 g/mol. The molecule has 0 saturated heterocycles. The minimum Gasteiger partial charge on any atom is -0.263 e. The molecule has 76 valence electrons. The van der Waals surface area contributed by atoms with Gasteiger partial charge in [0, 0.05) is 11.8 Å². The van der Waals surface area contributed by atoms with Crippen LogP contribution in [0.15, 0.2) is 0 Å². The molecule has 1 N–H and O–H groups in total. The lowest BCUT2D eigenvalue weighted by molar-refractivity contribution is 0.429. The Morgan fingerprint density at radius 2 is 1.71 bits per heavy atom. The second-order valence-electron chi connectivity index (χ2n) is 4.69. The van der Waals surface area contributed by atoms with E-state index in [1.807, 2.05) is 0 Å². The third-order valence-electron chi connectivity index (χ3n) is 3.45. The van der Waals surface area contributed by atoms with Crippen LogP contribution in [0.3, 0.4) is 0 Å². The van der Waals surface area contributed by atoms with E-state index in [-0.39, 0.29) is 0 Å². The Labute approximate surface area is 84.3 Å². The molecule has 2 fully saturated rings.